The van der Waals surface area contributed by atoms with E-state index in [1.54, 1.807) is 12.1 Å². The van der Waals surface area contributed by atoms with Crippen molar-refractivity contribution in [2.24, 2.45) is 5.73 Å². The molecule has 0 unspecified atom stereocenters. The third kappa shape index (κ3) is 3.00. The van der Waals surface area contributed by atoms with Crippen LogP contribution in [0.15, 0.2) is 23.6 Å². The van der Waals surface area contributed by atoms with Gasteiger partial charge in [-0.3, -0.25) is 0 Å². The summed E-state index contributed by atoms with van der Waals surface area (Å²) >= 11 is 1.43. The van der Waals surface area contributed by atoms with Crippen LogP contribution >= 0.6 is 11.3 Å². The molecule has 0 atom stereocenters. The van der Waals surface area contributed by atoms with Crippen LogP contribution in [0.3, 0.4) is 0 Å². The fourth-order valence-corrected chi connectivity index (χ4v) is 4.81. The summed E-state index contributed by atoms with van der Waals surface area (Å²) in [7, 11) is -3.47. The molecule has 0 amide bonds. The molecule has 4 nitrogen and oxygen atoms in total. The maximum absolute atomic E-state index is 12.6. The number of nitrogens with zero attached hydrogens (tertiary/aromatic N) is 1. The molecule has 0 radical (unpaired) electrons. The molecule has 2 N–H and O–H groups in total. The van der Waals surface area contributed by atoms with E-state index in [-0.39, 0.29) is 6.04 Å². The Kier molecular flexibility index (Phi) is 5.10. The van der Waals surface area contributed by atoms with Gasteiger partial charge in [0.05, 0.1) is 4.90 Å². The predicted octanol–water partition coefficient (Wildman–Crippen LogP) is 2.10. The first-order chi connectivity index (χ1) is 8.34. The van der Waals surface area contributed by atoms with Crippen LogP contribution in [0.2, 0.25) is 0 Å². The molecule has 1 aromatic heterocycles. The lowest BCUT2D eigenvalue weighted by Gasteiger charge is -2.24. The van der Waals surface area contributed by atoms with Crippen LogP contribution in [0.1, 0.15) is 23.6 Å². The van der Waals surface area contributed by atoms with Crippen molar-refractivity contribution in [3.05, 3.63) is 28.5 Å². The third-order valence-electron chi connectivity index (χ3n) is 2.60. The van der Waals surface area contributed by atoms with Gasteiger partial charge in [0.25, 0.3) is 0 Å². The minimum absolute atomic E-state index is 0.103. The average Bonchev–Trinajstić information content (AvgIpc) is 2.67. The molecule has 0 aliphatic carbocycles. The van der Waals surface area contributed by atoms with Crippen LogP contribution in [0.25, 0.3) is 0 Å². The van der Waals surface area contributed by atoms with Crippen molar-refractivity contribution >= 4 is 21.4 Å². The molecule has 6 heteroatoms. The minimum Gasteiger partial charge on any atom is -0.326 e. The van der Waals surface area contributed by atoms with Crippen LogP contribution in [0.4, 0.5) is 0 Å². The summed E-state index contributed by atoms with van der Waals surface area (Å²) in [5.41, 5.74) is 5.56. The Balaban J connectivity index is 3.25. The molecule has 0 saturated heterocycles. The molecule has 1 rings (SSSR count). The van der Waals surface area contributed by atoms with Crippen LogP contribution < -0.4 is 5.73 Å². The van der Waals surface area contributed by atoms with Gasteiger partial charge in [0.1, 0.15) is 0 Å². The molecule has 0 spiro atoms. The Morgan fingerprint density at radius 1 is 1.56 bits per heavy atom. The molecule has 0 aliphatic rings. The summed E-state index contributed by atoms with van der Waals surface area (Å²) in [5.74, 6) is 0. The number of thiophene rings is 1. The molecule has 1 heterocycles. The number of hydrogen-bond acceptors (Lipinski definition) is 4. The van der Waals surface area contributed by atoms with Crippen molar-refractivity contribution in [3.8, 4) is 0 Å². The van der Waals surface area contributed by atoms with Crippen molar-refractivity contribution in [2.45, 2.75) is 38.3 Å². The van der Waals surface area contributed by atoms with Gasteiger partial charge in [-0.05, 0) is 26.8 Å². The largest absolute Gasteiger partial charge is 0.326 e. The Hall–Kier alpha value is -0.690. The molecular formula is C12H20N2O2S2. The van der Waals surface area contributed by atoms with E-state index >= 15 is 0 Å². The second-order valence-corrected chi connectivity index (χ2v) is 7.49. The Bertz CT molecular complexity index is 518. The number of sulfonamides is 1. The summed E-state index contributed by atoms with van der Waals surface area (Å²) in [4.78, 5) is 2.03. The van der Waals surface area contributed by atoms with Gasteiger partial charge in [-0.2, -0.15) is 4.31 Å². The Labute approximate surface area is 113 Å². The lowest BCUT2D eigenvalue weighted by Crippen LogP contribution is -2.37. The molecule has 0 saturated carbocycles. The van der Waals surface area contributed by atoms with Gasteiger partial charge in [0, 0.05) is 28.9 Å². The highest BCUT2D eigenvalue weighted by molar-refractivity contribution is 7.89. The van der Waals surface area contributed by atoms with E-state index in [9.17, 15) is 8.42 Å². The van der Waals surface area contributed by atoms with E-state index in [0.717, 1.165) is 9.75 Å². The smallest absolute Gasteiger partial charge is 0.244 e. The highest BCUT2D eigenvalue weighted by Crippen LogP contribution is 2.28. The van der Waals surface area contributed by atoms with E-state index in [0.29, 0.717) is 18.0 Å². The lowest BCUT2D eigenvalue weighted by molar-refractivity contribution is 0.383. The van der Waals surface area contributed by atoms with E-state index < -0.39 is 10.0 Å². The molecule has 0 aromatic carbocycles. The lowest BCUT2D eigenvalue weighted by atomic mass is 10.4. The van der Waals surface area contributed by atoms with Crippen LogP contribution in [0.5, 0.6) is 0 Å². The highest BCUT2D eigenvalue weighted by atomic mass is 32.2. The predicted molar refractivity (Wildman–Crippen MR) is 76.2 cm³/mol. The molecule has 1 aromatic rings. The zero-order valence-corrected chi connectivity index (χ0v) is 12.6. The molecule has 18 heavy (non-hydrogen) atoms. The SMILES string of the molecule is C=CCN(C(C)C)S(=O)(=O)c1cc(CN)sc1C. The zero-order valence-electron chi connectivity index (χ0n) is 11.0. The molecular weight excluding hydrogens is 268 g/mol. The molecule has 0 bridgehead atoms. The van der Waals surface area contributed by atoms with E-state index in [1.165, 1.54) is 15.6 Å². The van der Waals surface area contributed by atoms with E-state index in [1.807, 2.05) is 20.8 Å². The highest BCUT2D eigenvalue weighted by Gasteiger charge is 2.28. The van der Waals surface area contributed by atoms with Crippen molar-refractivity contribution in [3.63, 3.8) is 0 Å². The first-order valence-electron chi connectivity index (χ1n) is 5.76. The Morgan fingerprint density at radius 2 is 2.17 bits per heavy atom. The third-order valence-corrected chi connectivity index (χ3v) is 5.97. The first kappa shape index (κ1) is 15.4. The number of nitrogens with two attached hydrogens (primary N) is 1. The second-order valence-electron chi connectivity index (χ2n) is 4.29. The summed E-state index contributed by atoms with van der Waals surface area (Å²) in [6.07, 6.45) is 1.60. The van der Waals surface area contributed by atoms with E-state index in [4.69, 9.17) is 5.73 Å². The number of aryl methyl sites for hydroxylation is 1. The quantitative estimate of drug-likeness (QED) is 0.815. The maximum Gasteiger partial charge on any atom is 0.244 e. The van der Waals surface area contributed by atoms with Gasteiger partial charge < -0.3 is 5.73 Å². The molecule has 102 valence electrons. The van der Waals surface area contributed by atoms with Crippen molar-refractivity contribution in [2.75, 3.05) is 6.54 Å². The normalized spacial score (nSPS) is 12.3. The fourth-order valence-electron chi connectivity index (χ4n) is 1.72. The van der Waals surface area contributed by atoms with E-state index in [2.05, 4.69) is 6.58 Å². The van der Waals surface area contributed by atoms with Gasteiger partial charge in [-0.1, -0.05) is 6.08 Å². The minimum atomic E-state index is -3.47. The number of hydrogen-bond donors (Lipinski definition) is 1. The summed E-state index contributed by atoms with van der Waals surface area (Å²) in [6.45, 7) is 9.80. The fraction of sp³-hybridized carbons (Fsp3) is 0.500. The average molecular weight is 288 g/mol. The monoisotopic (exact) mass is 288 g/mol. The topological polar surface area (TPSA) is 63.4 Å². The standard InChI is InChI=1S/C12H20N2O2S2/c1-5-6-14(9(2)3)18(15,16)12-7-11(8-13)17-10(12)4/h5,7,9H,1,6,8,13H2,2-4H3. The molecule has 0 fully saturated rings. The maximum atomic E-state index is 12.6. The van der Waals surface area contributed by atoms with Crippen molar-refractivity contribution in [1.82, 2.24) is 4.31 Å². The summed E-state index contributed by atoms with van der Waals surface area (Å²) < 4.78 is 26.6. The summed E-state index contributed by atoms with van der Waals surface area (Å²) in [6, 6.07) is 1.57. The zero-order chi connectivity index (χ0) is 13.9. The van der Waals surface area contributed by atoms with Gasteiger partial charge >= 0.3 is 0 Å². The van der Waals surface area contributed by atoms with Gasteiger partial charge in [0.15, 0.2) is 0 Å². The van der Waals surface area contributed by atoms with Crippen LogP contribution in [-0.4, -0.2) is 25.3 Å². The second kappa shape index (κ2) is 5.97. The van der Waals surface area contributed by atoms with Crippen LogP contribution in [0, 0.1) is 6.92 Å². The summed E-state index contributed by atoms with van der Waals surface area (Å²) in [5, 5.41) is 0. The van der Waals surface area contributed by atoms with Crippen molar-refractivity contribution in [1.29, 1.82) is 0 Å². The molecule has 0 aliphatic heterocycles. The first-order valence-corrected chi connectivity index (χ1v) is 8.02. The van der Waals surface area contributed by atoms with Gasteiger partial charge in [-0.25, -0.2) is 8.42 Å². The van der Waals surface area contributed by atoms with Crippen molar-refractivity contribution < 1.29 is 8.42 Å². The van der Waals surface area contributed by atoms with Crippen LogP contribution in [-0.2, 0) is 16.6 Å². The van der Waals surface area contributed by atoms with Gasteiger partial charge in [0.2, 0.25) is 10.0 Å². The Morgan fingerprint density at radius 3 is 2.56 bits per heavy atom. The number of rotatable bonds is 6. The van der Waals surface area contributed by atoms with Gasteiger partial charge in [-0.15, -0.1) is 17.9 Å².